The van der Waals surface area contributed by atoms with Crippen LogP contribution in [0, 0.1) is 0 Å². The molecule has 6 heteroatoms. The van der Waals surface area contributed by atoms with Crippen LogP contribution in [0.5, 0.6) is 0 Å². The van der Waals surface area contributed by atoms with Crippen LogP contribution in [-0.4, -0.2) is 21.8 Å². The first-order valence-electron chi connectivity index (χ1n) is 7.57. The molecule has 1 fully saturated rings. The number of anilines is 1. The highest BCUT2D eigenvalue weighted by atomic mass is 32.1. The minimum atomic E-state index is 0.122. The highest BCUT2D eigenvalue weighted by Gasteiger charge is 2.30. The second-order valence-corrected chi connectivity index (χ2v) is 6.78. The molecule has 5 nitrogen and oxygen atoms in total. The smallest absolute Gasteiger partial charge is 0.261 e. The minimum Gasteiger partial charge on any atom is -0.363 e. The molecule has 2 aliphatic carbocycles. The van der Waals surface area contributed by atoms with E-state index in [-0.39, 0.29) is 5.56 Å². The first-order valence-corrected chi connectivity index (χ1v) is 8.38. The lowest BCUT2D eigenvalue weighted by molar-refractivity contribution is 0.584. The van der Waals surface area contributed by atoms with Gasteiger partial charge in [0.05, 0.1) is 5.56 Å². The summed E-state index contributed by atoms with van der Waals surface area (Å²) >= 11 is 1.44. The number of nitrogens with zero attached hydrogens (tertiary/aromatic N) is 3. The Morgan fingerprint density at radius 1 is 1.29 bits per heavy atom. The van der Waals surface area contributed by atoms with Crippen LogP contribution in [0.1, 0.15) is 43.0 Å². The normalized spacial score (nSPS) is 17.6. The van der Waals surface area contributed by atoms with Crippen LogP contribution in [0.25, 0.3) is 10.6 Å². The van der Waals surface area contributed by atoms with Crippen molar-refractivity contribution >= 4 is 16.5 Å². The van der Waals surface area contributed by atoms with Gasteiger partial charge in [-0.3, -0.25) is 4.79 Å². The Bertz CT molecular complexity index is 745. The average Bonchev–Trinajstić information content (AvgIpc) is 3.23. The summed E-state index contributed by atoms with van der Waals surface area (Å²) in [6, 6.07) is 2.48. The average molecular weight is 302 g/mol. The Morgan fingerprint density at radius 2 is 2.10 bits per heavy atom. The summed E-state index contributed by atoms with van der Waals surface area (Å²) in [6.07, 6.45) is 6.79. The van der Waals surface area contributed by atoms with E-state index in [1.807, 2.05) is 7.05 Å². The lowest BCUT2D eigenvalue weighted by atomic mass is 9.94. The fourth-order valence-corrected chi connectivity index (χ4v) is 3.84. The summed E-state index contributed by atoms with van der Waals surface area (Å²) in [4.78, 5) is 12.9. The van der Waals surface area contributed by atoms with Crippen LogP contribution in [0.3, 0.4) is 0 Å². The van der Waals surface area contributed by atoms with Crippen molar-refractivity contribution in [3.63, 3.8) is 0 Å². The molecule has 0 aliphatic heterocycles. The first-order chi connectivity index (χ1) is 10.3. The molecular formula is C15H18N4OS. The molecule has 0 bridgehead atoms. The molecule has 1 saturated carbocycles. The molecular weight excluding hydrogens is 284 g/mol. The number of nitrogens with one attached hydrogen (secondary N) is 1. The Morgan fingerprint density at radius 3 is 2.81 bits per heavy atom. The van der Waals surface area contributed by atoms with E-state index in [4.69, 9.17) is 0 Å². The van der Waals surface area contributed by atoms with E-state index in [0.717, 1.165) is 41.4 Å². The van der Waals surface area contributed by atoms with Crippen LogP contribution in [0.15, 0.2) is 10.9 Å². The number of hydrogen-bond donors (Lipinski definition) is 1. The highest BCUT2D eigenvalue weighted by Crippen LogP contribution is 2.38. The molecule has 2 aliphatic rings. The number of aromatic nitrogens is 3. The Labute approximate surface area is 127 Å². The minimum absolute atomic E-state index is 0.122. The molecule has 0 aromatic carbocycles. The van der Waals surface area contributed by atoms with Gasteiger partial charge in [-0.05, 0) is 50.2 Å². The second-order valence-electron chi connectivity index (χ2n) is 5.81. The van der Waals surface area contributed by atoms with Gasteiger partial charge in [0.25, 0.3) is 5.56 Å². The monoisotopic (exact) mass is 302 g/mol. The van der Waals surface area contributed by atoms with Gasteiger partial charge in [0, 0.05) is 18.8 Å². The second kappa shape index (κ2) is 4.94. The van der Waals surface area contributed by atoms with Crippen molar-refractivity contribution in [3.05, 3.63) is 27.7 Å². The summed E-state index contributed by atoms with van der Waals surface area (Å²) in [5, 5.41) is 12.7. The molecule has 0 unspecified atom stereocenters. The van der Waals surface area contributed by atoms with Crippen molar-refractivity contribution in [1.29, 1.82) is 0 Å². The van der Waals surface area contributed by atoms with Gasteiger partial charge < -0.3 is 9.88 Å². The summed E-state index contributed by atoms with van der Waals surface area (Å²) in [5.41, 5.74) is 3.46. The Hall–Kier alpha value is -1.69. The Kier molecular flexibility index (Phi) is 3.06. The zero-order valence-electron chi connectivity index (χ0n) is 12.1. The molecule has 4 rings (SSSR count). The van der Waals surface area contributed by atoms with E-state index >= 15 is 0 Å². The number of fused-ring (bicyclic) bond motifs is 1. The van der Waals surface area contributed by atoms with Gasteiger partial charge in [0.15, 0.2) is 5.01 Å². The van der Waals surface area contributed by atoms with Crippen LogP contribution in [0.4, 0.5) is 5.13 Å². The van der Waals surface area contributed by atoms with Gasteiger partial charge >= 0.3 is 0 Å². The van der Waals surface area contributed by atoms with Crippen molar-refractivity contribution in [2.24, 2.45) is 0 Å². The fraction of sp³-hybridized carbons (Fsp3) is 0.533. The molecule has 1 N–H and O–H groups in total. The zero-order chi connectivity index (χ0) is 14.4. The van der Waals surface area contributed by atoms with E-state index in [0.29, 0.717) is 6.04 Å². The first kappa shape index (κ1) is 13.0. The van der Waals surface area contributed by atoms with Crippen LogP contribution in [-0.2, 0) is 12.8 Å². The van der Waals surface area contributed by atoms with Gasteiger partial charge in [-0.1, -0.05) is 11.3 Å². The molecule has 2 aromatic rings. The highest BCUT2D eigenvalue weighted by molar-refractivity contribution is 7.18. The van der Waals surface area contributed by atoms with E-state index in [2.05, 4.69) is 26.1 Å². The maximum atomic E-state index is 12.9. The lowest BCUT2D eigenvalue weighted by Crippen LogP contribution is -2.27. The molecule has 110 valence electrons. The third-order valence-electron chi connectivity index (χ3n) is 4.32. The zero-order valence-corrected chi connectivity index (χ0v) is 12.9. The maximum Gasteiger partial charge on any atom is 0.261 e. The Balaban J connectivity index is 1.91. The molecule has 2 aromatic heterocycles. The SMILES string of the molecule is CNc1nnc(-c2cc3c(n(C4CC4)c2=O)CCCC3)s1. The summed E-state index contributed by atoms with van der Waals surface area (Å²) in [6.45, 7) is 0. The van der Waals surface area contributed by atoms with Crippen LogP contribution < -0.4 is 10.9 Å². The van der Waals surface area contributed by atoms with Crippen molar-refractivity contribution in [1.82, 2.24) is 14.8 Å². The topological polar surface area (TPSA) is 59.8 Å². The predicted molar refractivity (Wildman–Crippen MR) is 84.1 cm³/mol. The number of aryl methyl sites for hydroxylation is 1. The standard InChI is InChI=1S/C15H18N4OS/c1-16-15-18-17-13(21-15)11-8-9-4-2-3-5-12(9)19(14(11)20)10-6-7-10/h8,10H,2-7H2,1H3,(H,16,18). The largest absolute Gasteiger partial charge is 0.363 e. The van der Waals surface area contributed by atoms with E-state index in [9.17, 15) is 4.79 Å². The molecule has 0 amide bonds. The summed E-state index contributed by atoms with van der Waals surface area (Å²) < 4.78 is 2.06. The van der Waals surface area contributed by atoms with Crippen molar-refractivity contribution < 1.29 is 0 Å². The third kappa shape index (κ3) is 2.18. The van der Waals surface area contributed by atoms with Gasteiger partial charge in [-0.15, -0.1) is 10.2 Å². The van der Waals surface area contributed by atoms with Crippen LogP contribution in [0.2, 0.25) is 0 Å². The van der Waals surface area contributed by atoms with E-state index in [1.165, 1.54) is 35.4 Å². The molecule has 0 atom stereocenters. The van der Waals surface area contributed by atoms with E-state index < -0.39 is 0 Å². The van der Waals surface area contributed by atoms with Gasteiger partial charge in [0.1, 0.15) is 0 Å². The lowest BCUT2D eigenvalue weighted by Gasteiger charge is -2.21. The number of hydrogen-bond acceptors (Lipinski definition) is 5. The summed E-state index contributed by atoms with van der Waals surface area (Å²) in [5.74, 6) is 0. The fourth-order valence-electron chi connectivity index (χ4n) is 3.14. The third-order valence-corrected chi connectivity index (χ3v) is 5.29. The maximum absolute atomic E-state index is 12.9. The number of pyridine rings is 1. The van der Waals surface area contributed by atoms with Crippen molar-refractivity contribution in [2.75, 3.05) is 12.4 Å². The molecule has 0 spiro atoms. The van der Waals surface area contributed by atoms with Gasteiger partial charge in [0.2, 0.25) is 5.13 Å². The van der Waals surface area contributed by atoms with E-state index in [1.54, 1.807) is 0 Å². The van der Waals surface area contributed by atoms with Gasteiger partial charge in [-0.2, -0.15) is 0 Å². The van der Waals surface area contributed by atoms with Gasteiger partial charge in [-0.25, -0.2) is 0 Å². The number of rotatable bonds is 3. The molecule has 21 heavy (non-hydrogen) atoms. The predicted octanol–water partition coefficient (Wildman–Crippen LogP) is 2.62. The molecule has 0 radical (unpaired) electrons. The molecule has 2 heterocycles. The van der Waals surface area contributed by atoms with Crippen LogP contribution >= 0.6 is 11.3 Å². The van der Waals surface area contributed by atoms with Crippen molar-refractivity contribution in [3.8, 4) is 10.6 Å². The molecule has 0 saturated heterocycles. The quantitative estimate of drug-likeness (QED) is 0.947. The van der Waals surface area contributed by atoms with Crippen molar-refractivity contribution in [2.45, 2.75) is 44.6 Å². The summed E-state index contributed by atoms with van der Waals surface area (Å²) in [7, 11) is 1.82.